The molecule has 182 valence electrons. The number of ketones is 1. The zero-order valence-electron chi connectivity index (χ0n) is 18.7. The van der Waals surface area contributed by atoms with Crippen LogP contribution < -0.4 is 10.2 Å². The number of hydrogen-bond acceptors (Lipinski definition) is 5. The highest BCUT2D eigenvalue weighted by atomic mass is 32.1. The predicted octanol–water partition coefficient (Wildman–Crippen LogP) is 2.72. The number of nitrogens with one attached hydrogen (secondary N) is 1. The number of amides is 2. The molecule has 2 amide bonds. The number of ether oxygens (including phenoxy) is 1. The van der Waals surface area contributed by atoms with E-state index in [-0.39, 0.29) is 70.6 Å². The summed E-state index contributed by atoms with van der Waals surface area (Å²) in [7, 11) is 3.87. The van der Waals surface area contributed by atoms with Gasteiger partial charge in [0, 0.05) is 31.9 Å². The summed E-state index contributed by atoms with van der Waals surface area (Å²) < 4.78 is 5.56. The lowest BCUT2D eigenvalue weighted by Crippen LogP contribution is -2.58. The second kappa shape index (κ2) is 13.1. The maximum atomic E-state index is 13.3. The van der Waals surface area contributed by atoms with E-state index in [1.165, 1.54) is 0 Å². The molecule has 3 rings (SSSR count). The van der Waals surface area contributed by atoms with Crippen LogP contribution in [0.3, 0.4) is 0 Å². The topological polar surface area (TPSA) is 79.0 Å². The van der Waals surface area contributed by atoms with Crippen LogP contribution in [0.1, 0.15) is 50.9 Å². The standard InChI is InChI=1S/C22H31N3O4.CH4.2H2S/c1-14(2)12-17(23-21(27)15-7-9-16(10-8-15)24(3)4)22(28)25-11-5-6-19-20(25)18(26)13-29-19;;;/h7-10,14,17,19-20H,5-6,11-13H2,1-4H3,(H,23,27);1H4;2*1H2/t17-,19+,20+;;;/m0.../s1. The van der Waals surface area contributed by atoms with Crippen molar-refractivity contribution >= 4 is 50.3 Å². The molecular weight excluding hydrogens is 446 g/mol. The number of nitrogens with zero attached hydrogens (tertiary/aromatic N) is 2. The van der Waals surface area contributed by atoms with E-state index in [4.69, 9.17) is 4.74 Å². The maximum absolute atomic E-state index is 13.3. The van der Waals surface area contributed by atoms with Crippen LogP contribution in [0.25, 0.3) is 0 Å². The highest BCUT2D eigenvalue weighted by Gasteiger charge is 2.45. The van der Waals surface area contributed by atoms with Crippen LogP contribution in [0, 0.1) is 5.92 Å². The fourth-order valence-corrected chi connectivity index (χ4v) is 4.08. The van der Waals surface area contributed by atoms with Crippen molar-refractivity contribution in [2.75, 3.05) is 32.1 Å². The summed E-state index contributed by atoms with van der Waals surface area (Å²) in [6.07, 6.45) is 1.89. The molecule has 2 saturated heterocycles. The zero-order chi connectivity index (χ0) is 21.1. The predicted molar refractivity (Wildman–Crippen MR) is 138 cm³/mol. The molecule has 0 aromatic heterocycles. The minimum atomic E-state index is -0.664. The summed E-state index contributed by atoms with van der Waals surface area (Å²) in [4.78, 5) is 42.0. The van der Waals surface area contributed by atoms with E-state index in [2.05, 4.69) is 5.32 Å². The zero-order valence-corrected chi connectivity index (χ0v) is 20.7. The highest BCUT2D eigenvalue weighted by molar-refractivity contribution is 7.59. The van der Waals surface area contributed by atoms with Crippen molar-refractivity contribution in [2.24, 2.45) is 5.92 Å². The number of likely N-dealkylation sites (tertiary alicyclic amines) is 1. The fourth-order valence-electron chi connectivity index (χ4n) is 4.08. The van der Waals surface area contributed by atoms with Gasteiger partial charge in [-0.2, -0.15) is 27.0 Å². The van der Waals surface area contributed by atoms with Gasteiger partial charge >= 0.3 is 0 Å². The minimum Gasteiger partial charge on any atom is -0.378 e. The number of rotatable bonds is 6. The average molecular weight is 486 g/mol. The van der Waals surface area contributed by atoms with Crippen molar-refractivity contribution in [3.8, 4) is 0 Å². The third-order valence-electron chi connectivity index (χ3n) is 5.58. The van der Waals surface area contributed by atoms with Crippen molar-refractivity contribution in [1.82, 2.24) is 10.2 Å². The first-order valence-electron chi connectivity index (χ1n) is 10.3. The minimum absolute atomic E-state index is 0. The van der Waals surface area contributed by atoms with E-state index >= 15 is 0 Å². The molecule has 9 heteroatoms. The molecule has 1 N–H and O–H groups in total. The molecule has 7 nitrogen and oxygen atoms in total. The van der Waals surface area contributed by atoms with Gasteiger partial charge in [-0.1, -0.05) is 21.3 Å². The summed E-state index contributed by atoms with van der Waals surface area (Å²) in [5, 5.41) is 2.91. The molecule has 2 fully saturated rings. The number of anilines is 1. The fraction of sp³-hybridized carbons (Fsp3) is 0.609. The first-order valence-corrected chi connectivity index (χ1v) is 10.3. The van der Waals surface area contributed by atoms with Crippen molar-refractivity contribution < 1.29 is 19.1 Å². The number of hydrogen-bond donors (Lipinski definition) is 1. The Morgan fingerprint density at radius 1 is 1.19 bits per heavy atom. The van der Waals surface area contributed by atoms with Gasteiger partial charge in [0.05, 0.1) is 6.10 Å². The van der Waals surface area contributed by atoms with Gasteiger partial charge in [0.2, 0.25) is 5.91 Å². The van der Waals surface area contributed by atoms with Crippen LogP contribution in [0.5, 0.6) is 0 Å². The molecule has 2 heterocycles. The lowest BCUT2D eigenvalue weighted by Gasteiger charge is -2.37. The first kappa shape index (κ1) is 30.3. The van der Waals surface area contributed by atoms with Gasteiger partial charge in [-0.05, 0) is 49.4 Å². The lowest BCUT2D eigenvalue weighted by atomic mass is 9.95. The number of benzene rings is 1. The Bertz CT molecular complexity index is 771. The Morgan fingerprint density at radius 3 is 2.38 bits per heavy atom. The van der Waals surface area contributed by atoms with E-state index in [0.29, 0.717) is 18.5 Å². The molecule has 3 atom stereocenters. The molecule has 0 bridgehead atoms. The Kier molecular flexibility index (Phi) is 12.4. The summed E-state index contributed by atoms with van der Waals surface area (Å²) >= 11 is 0. The Hall–Kier alpha value is -1.71. The lowest BCUT2D eigenvalue weighted by molar-refractivity contribution is -0.142. The molecular formula is C23H39N3O4S2. The first-order chi connectivity index (χ1) is 13.8. The molecule has 32 heavy (non-hydrogen) atoms. The summed E-state index contributed by atoms with van der Waals surface area (Å²) in [5.41, 5.74) is 1.50. The molecule has 0 spiro atoms. The quantitative estimate of drug-likeness (QED) is 0.670. The maximum Gasteiger partial charge on any atom is 0.251 e. The number of carbonyl (C=O) groups is 3. The average Bonchev–Trinajstić information content (AvgIpc) is 3.07. The van der Waals surface area contributed by atoms with Crippen LogP contribution in [0.2, 0.25) is 0 Å². The van der Waals surface area contributed by atoms with Gasteiger partial charge < -0.3 is 19.9 Å². The van der Waals surface area contributed by atoms with Crippen LogP contribution >= 0.6 is 27.0 Å². The molecule has 2 aliphatic rings. The van der Waals surface area contributed by atoms with E-state index in [9.17, 15) is 14.4 Å². The molecule has 0 radical (unpaired) electrons. The summed E-state index contributed by atoms with van der Waals surface area (Å²) in [5.74, 6) is -0.296. The van der Waals surface area contributed by atoms with Crippen molar-refractivity contribution in [3.05, 3.63) is 29.8 Å². The third kappa shape index (κ3) is 6.89. The number of piperidine rings is 1. The van der Waals surface area contributed by atoms with Crippen molar-refractivity contribution in [1.29, 1.82) is 0 Å². The van der Waals surface area contributed by atoms with Crippen LogP contribution in [0.15, 0.2) is 24.3 Å². The van der Waals surface area contributed by atoms with E-state index in [1.807, 2.05) is 45.0 Å². The number of carbonyl (C=O) groups excluding carboxylic acids is 3. The number of fused-ring (bicyclic) bond motifs is 1. The van der Waals surface area contributed by atoms with Gasteiger partial charge in [-0.15, -0.1) is 0 Å². The smallest absolute Gasteiger partial charge is 0.251 e. The van der Waals surface area contributed by atoms with E-state index < -0.39 is 12.1 Å². The van der Waals surface area contributed by atoms with Crippen LogP contribution in [-0.4, -0.2) is 67.9 Å². The van der Waals surface area contributed by atoms with Gasteiger partial charge in [0.15, 0.2) is 5.78 Å². The highest BCUT2D eigenvalue weighted by Crippen LogP contribution is 2.27. The number of Topliss-reactive ketones (excluding diaryl/α,β-unsaturated/α-hetero) is 1. The van der Waals surface area contributed by atoms with Crippen molar-refractivity contribution in [3.63, 3.8) is 0 Å². The molecule has 0 saturated carbocycles. The van der Waals surface area contributed by atoms with Gasteiger partial charge in [-0.25, -0.2) is 0 Å². The third-order valence-corrected chi connectivity index (χ3v) is 5.58. The normalized spacial score (nSPS) is 20.3. The second-order valence-electron chi connectivity index (χ2n) is 8.53. The van der Waals surface area contributed by atoms with Crippen molar-refractivity contribution in [2.45, 2.75) is 58.7 Å². The second-order valence-corrected chi connectivity index (χ2v) is 8.53. The van der Waals surface area contributed by atoms with Crippen LogP contribution in [0.4, 0.5) is 5.69 Å². The van der Waals surface area contributed by atoms with E-state index in [1.54, 1.807) is 17.0 Å². The summed E-state index contributed by atoms with van der Waals surface area (Å²) in [6, 6.07) is 6.08. The molecule has 0 aliphatic carbocycles. The molecule has 1 aromatic carbocycles. The molecule has 0 unspecified atom stereocenters. The van der Waals surface area contributed by atoms with Gasteiger partial charge in [-0.3, -0.25) is 14.4 Å². The largest absolute Gasteiger partial charge is 0.378 e. The molecule has 2 aliphatic heterocycles. The van der Waals surface area contributed by atoms with E-state index in [0.717, 1.165) is 18.5 Å². The monoisotopic (exact) mass is 485 g/mol. The Balaban J connectivity index is 0.00000320. The molecule has 1 aromatic rings. The van der Waals surface area contributed by atoms with Crippen LogP contribution in [-0.2, 0) is 14.3 Å². The SMILES string of the molecule is C.CC(C)C[C@H](NC(=O)c1ccc(N(C)C)cc1)C(=O)N1CCC[C@H]2OCC(=O)[C@H]21.S.S. The Morgan fingerprint density at radius 2 is 1.81 bits per heavy atom. The Labute approximate surface area is 206 Å². The summed E-state index contributed by atoms with van der Waals surface area (Å²) in [6.45, 7) is 4.62. The van der Waals surface area contributed by atoms with Gasteiger partial charge in [0.1, 0.15) is 18.7 Å². The van der Waals surface area contributed by atoms with Gasteiger partial charge in [0.25, 0.3) is 5.91 Å².